The van der Waals surface area contributed by atoms with Crippen LogP contribution in [-0.2, 0) is 4.74 Å². The monoisotopic (exact) mass is 408 g/mol. The molecular formula is C25H32N2O3. The van der Waals surface area contributed by atoms with Gasteiger partial charge in [-0.05, 0) is 69.4 Å². The Labute approximate surface area is 179 Å². The van der Waals surface area contributed by atoms with Crippen LogP contribution < -0.4 is 9.64 Å². The molecule has 0 fully saturated rings. The minimum Gasteiger partial charge on any atom is -0.496 e. The van der Waals surface area contributed by atoms with Crippen LogP contribution in [0.1, 0.15) is 67.1 Å². The molecule has 1 atom stereocenters. The molecule has 5 heteroatoms. The molecule has 160 valence electrons. The number of fused-ring (bicyclic) bond motifs is 1. The predicted octanol–water partition coefficient (Wildman–Crippen LogP) is 5.65. The van der Waals surface area contributed by atoms with Crippen LogP contribution in [0.3, 0.4) is 0 Å². The van der Waals surface area contributed by atoms with Gasteiger partial charge < -0.3 is 14.4 Å². The van der Waals surface area contributed by atoms with E-state index in [0.29, 0.717) is 11.5 Å². The average molecular weight is 409 g/mol. The summed E-state index contributed by atoms with van der Waals surface area (Å²) < 4.78 is 10.5. The maximum Gasteiger partial charge on any atom is 0.337 e. The first-order valence-electron chi connectivity index (χ1n) is 10.4. The molecule has 0 bridgehead atoms. The van der Waals surface area contributed by atoms with Gasteiger partial charge in [0.2, 0.25) is 0 Å². The molecule has 0 saturated heterocycles. The molecule has 1 aliphatic rings. The van der Waals surface area contributed by atoms with Gasteiger partial charge in [-0.2, -0.15) is 0 Å². The summed E-state index contributed by atoms with van der Waals surface area (Å²) in [6.45, 7) is 12.0. The van der Waals surface area contributed by atoms with Crippen molar-refractivity contribution in [3.63, 3.8) is 0 Å². The van der Waals surface area contributed by atoms with E-state index in [4.69, 9.17) is 9.47 Å². The van der Waals surface area contributed by atoms with E-state index in [1.807, 2.05) is 19.2 Å². The fourth-order valence-corrected chi connectivity index (χ4v) is 4.54. The molecule has 0 spiro atoms. The Morgan fingerprint density at radius 2 is 2.00 bits per heavy atom. The molecule has 0 N–H and O–H groups in total. The van der Waals surface area contributed by atoms with Crippen molar-refractivity contribution in [3.8, 4) is 5.75 Å². The third-order valence-electron chi connectivity index (χ3n) is 6.03. The van der Waals surface area contributed by atoms with Crippen LogP contribution in [0.2, 0.25) is 0 Å². The predicted molar refractivity (Wildman–Crippen MR) is 123 cm³/mol. The molecule has 3 rings (SSSR count). The molecule has 0 aromatic heterocycles. The number of ether oxygens (including phenoxy) is 2. The first kappa shape index (κ1) is 21.9. The lowest BCUT2D eigenvalue weighted by molar-refractivity contribution is 0.0600. The first-order valence-corrected chi connectivity index (χ1v) is 10.4. The van der Waals surface area contributed by atoms with Crippen molar-refractivity contribution in [2.24, 2.45) is 4.99 Å². The SMILES string of the molecule is CCN1c2cc(OC)c(C=Nc3cc(C(=O)OC)ccc3C)cc2C(C)CC1(C)C. The summed E-state index contributed by atoms with van der Waals surface area (Å²) in [5.74, 6) is 0.872. The van der Waals surface area contributed by atoms with Crippen LogP contribution in [0.15, 0.2) is 35.3 Å². The number of hydrogen-bond donors (Lipinski definition) is 0. The topological polar surface area (TPSA) is 51.1 Å². The highest BCUT2D eigenvalue weighted by molar-refractivity contribution is 5.92. The fraction of sp³-hybridized carbons (Fsp3) is 0.440. The summed E-state index contributed by atoms with van der Waals surface area (Å²) >= 11 is 0. The zero-order valence-corrected chi connectivity index (χ0v) is 19.1. The molecule has 1 heterocycles. The van der Waals surface area contributed by atoms with Crippen LogP contribution in [0.4, 0.5) is 11.4 Å². The molecule has 30 heavy (non-hydrogen) atoms. The molecule has 2 aromatic carbocycles. The highest BCUT2D eigenvalue weighted by Gasteiger charge is 2.36. The third-order valence-corrected chi connectivity index (χ3v) is 6.03. The molecular weight excluding hydrogens is 376 g/mol. The third kappa shape index (κ3) is 4.07. The summed E-state index contributed by atoms with van der Waals surface area (Å²) in [4.78, 5) is 19.0. The summed E-state index contributed by atoms with van der Waals surface area (Å²) in [6.07, 6.45) is 2.92. The normalized spacial score (nSPS) is 17.7. The Morgan fingerprint density at radius 3 is 2.63 bits per heavy atom. The van der Waals surface area contributed by atoms with E-state index >= 15 is 0 Å². The van der Waals surface area contributed by atoms with Gasteiger partial charge >= 0.3 is 5.97 Å². The van der Waals surface area contributed by atoms with Crippen molar-refractivity contribution in [2.75, 3.05) is 25.7 Å². The molecule has 1 unspecified atom stereocenters. The minimum absolute atomic E-state index is 0.104. The second-order valence-electron chi connectivity index (χ2n) is 8.57. The van der Waals surface area contributed by atoms with E-state index in [-0.39, 0.29) is 11.5 Å². The lowest BCUT2D eigenvalue weighted by Crippen LogP contribution is -2.48. The van der Waals surface area contributed by atoms with Crippen LogP contribution in [0.5, 0.6) is 5.75 Å². The zero-order chi connectivity index (χ0) is 22.1. The van der Waals surface area contributed by atoms with Crippen molar-refractivity contribution < 1.29 is 14.3 Å². The number of aryl methyl sites for hydroxylation is 1. The number of rotatable bonds is 5. The number of nitrogens with zero attached hydrogens (tertiary/aromatic N) is 2. The first-order chi connectivity index (χ1) is 14.2. The van der Waals surface area contributed by atoms with Crippen molar-refractivity contribution in [3.05, 3.63) is 52.6 Å². The maximum absolute atomic E-state index is 11.9. The van der Waals surface area contributed by atoms with Gasteiger partial charge in [-0.1, -0.05) is 13.0 Å². The number of carbonyl (C=O) groups excluding carboxylic acids is 1. The number of hydrogen-bond acceptors (Lipinski definition) is 5. The van der Waals surface area contributed by atoms with E-state index in [1.54, 1.807) is 19.2 Å². The Kier molecular flexibility index (Phi) is 6.20. The molecule has 0 radical (unpaired) electrons. The average Bonchev–Trinajstić information content (AvgIpc) is 2.71. The van der Waals surface area contributed by atoms with Gasteiger partial charge in [0, 0.05) is 35.6 Å². The van der Waals surface area contributed by atoms with Crippen molar-refractivity contribution >= 4 is 23.6 Å². The van der Waals surface area contributed by atoms with E-state index in [0.717, 1.165) is 35.5 Å². The van der Waals surface area contributed by atoms with Gasteiger partial charge in [0.1, 0.15) is 5.75 Å². The lowest BCUT2D eigenvalue weighted by atomic mass is 9.79. The van der Waals surface area contributed by atoms with Crippen LogP contribution >= 0.6 is 0 Å². The molecule has 5 nitrogen and oxygen atoms in total. The van der Waals surface area contributed by atoms with Crippen LogP contribution in [0.25, 0.3) is 0 Å². The Hall–Kier alpha value is -2.82. The Balaban J connectivity index is 2.04. The quantitative estimate of drug-likeness (QED) is 0.474. The Morgan fingerprint density at radius 1 is 1.27 bits per heavy atom. The Bertz CT molecular complexity index is 979. The number of benzene rings is 2. The summed E-state index contributed by atoms with van der Waals surface area (Å²) in [5.41, 5.74) is 5.80. The second kappa shape index (κ2) is 8.50. The fourth-order valence-electron chi connectivity index (χ4n) is 4.54. The maximum atomic E-state index is 11.9. The molecule has 2 aromatic rings. The molecule has 0 amide bonds. The number of methoxy groups -OCH3 is 2. The molecule has 1 aliphatic heterocycles. The van der Waals surface area contributed by atoms with Crippen molar-refractivity contribution in [1.29, 1.82) is 0 Å². The summed E-state index contributed by atoms with van der Waals surface area (Å²) in [6, 6.07) is 9.72. The number of carbonyl (C=O) groups is 1. The van der Waals surface area contributed by atoms with Gasteiger partial charge in [0.05, 0.1) is 25.5 Å². The number of esters is 1. The van der Waals surface area contributed by atoms with Gasteiger partial charge in [0.25, 0.3) is 0 Å². The zero-order valence-electron chi connectivity index (χ0n) is 19.1. The van der Waals surface area contributed by atoms with Crippen LogP contribution in [0, 0.1) is 6.92 Å². The molecule has 0 aliphatic carbocycles. The summed E-state index contributed by atoms with van der Waals surface area (Å²) in [7, 11) is 3.07. The van der Waals surface area contributed by atoms with E-state index < -0.39 is 0 Å². The van der Waals surface area contributed by atoms with E-state index in [1.165, 1.54) is 18.4 Å². The smallest absolute Gasteiger partial charge is 0.337 e. The largest absolute Gasteiger partial charge is 0.496 e. The molecule has 0 saturated carbocycles. The van der Waals surface area contributed by atoms with E-state index in [9.17, 15) is 4.79 Å². The highest BCUT2D eigenvalue weighted by atomic mass is 16.5. The van der Waals surface area contributed by atoms with Gasteiger partial charge in [-0.3, -0.25) is 4.99 Å². The number of anilines is 1. The summed E-state index contributed by atoms with van der Waals surface area (Å²) in [5, 5.41) is 0. The lowest BCUT2D eigenvalue weighted by Gasteiger charge is -2.47. The van der Waals surface area contributed by atoms with Crippen molar-refractivity contribution in [1.82, 2.24) is 0 Å². The highest BCUT2D eigenvalue weighted by Crippen LogP contribution is 2.45. The second-order valence-corrected chi connectivity index (χ2v) is 8.57. The minimum atomic E-state index is -0.367. The van der Waals surface area contributed by atoms with Crippen molar-refractivity contribution in [2.45, 2.75) is 52.5 Å². The van der Waals surface area contributed by atoms with Gasteiger partial charge in [-0.15, -0.1) is 0 Å². The number of aliphatic imine (C=N–C) groups is 1. The van der Waals surface area contributed by atoms with Crippen LogP contribution in [-0.4, -0.2) is 38.5 Å². The van der Waals surface area contributed by atoms with Gasteiger partial charge in [0.15, 0.2) is 0 Å². The van der Waals surface area contributed by atoms with E-state index in [2.05, 4.69) is 49.7 Å². The standard InChI is InChI=1S/C25H32N2O3/c1-8-27-22-13-23(29-6)19(11-20(22)17(3)14-25(27,4)5)15-26-21-12-18(24(28)30-7)10-9-16(21)2/h9-13,15,17H,8,14H2,1-7H3. The van der Waals surface area contributed by atoms with Gasteiger partial charge in [-0.25, -0.2) is 4.79 Å².